The molecule has 8 heteroatoms. The predicted octanol–water partition coefficient (Wildman–Crippen LogP) is 6.36. The molecule has 0 fully saturated rings. The van der Waals surface area contributed by atoms with Gasteiger partial charge in [-0.3, -0.25) is 9.79 Å². The van der Waals surface area contributed by atoms with Crippen molar-refractivity contribution in [1.29, 1.82) is 0 Å². The fourth-order valence-electron chi connectivity index (χ4n) is 4.32. The van der Waals surface area contributed by atoms with E-state index in [0.29, 0.717) is 48.9 Å². The lowest BCUT2D eigenvalue weighted by atomic mass is 9.75. The molecule has 32 heavy (non-hydrogen) atoms. The minimum atomic E-state index is -4.75. The Hall–Kier alpha value is -2.77. The van der Waals surface area contributed by atoms with Crippen molar-refractivity contribution in [2.45, 2.75) is 66.2 Å². The number of aliphatic hydroxyl groups is 1. The number of hydrogen-bond acceptors (Lipinski definition) is 4. The lowest BCUT2D eigenvalue weighted by Gasteiger charge is -2.30. The number of nitrogens with one attached hydrogen (secondary N) is 1. The van der Waals surface area contributed by atoms with Gasteiger partial charge in [-0.2, -0.15) is 0 Å². The zero-order valence-electron chi connectivity index (χ0n) is 18.8. The number of H-pyrrole nitrogens is 1. The highest BCUT2D eigenvalue weighted by Gasteiger charge is 2.35. The molecule has 0 amide bonds. The van der Waals surface area contributed by atoms with E-state index in [0.717, 1.165) is 23.2 Å². The van der Waals surface area contributed by atoms with E-state index in [1.165, 1.54) is 12.1 Å². The van der Waals surface area contributed by atoms with Crippen molar-refractivity contribution in [3.63, 3.8) is 0 Å². The summed E-state index contributed by atoms with van der Waals surface area (Å²) in [4.78, 5) is 20.5. The monoisotopic (exact) mass is 450 g/mol. The highest BCUT2D eigenvalue weighted by atomic mass is 19.4. The van der Waals surface area contributed by atoms with Crippen LogP contribution < -0.4 is 4.74 Å². The van der Waals surface area contributed by atoms with E-state index in [9.17, 15) is 23.1 Å². The molecule has 0 spiro atoms. The van der Waals surface area contributed by atoms with E-state index < -0.39 is 6.36 Å². The summed E-state index contributed by atoms with van der Waals surface area (Å²) in [6.45, 7) is 8.09. The maximum atomic E-state index is 12.7. The summed E-state index contributed by atoms with van der Waals surface area (Å²) in [6.07, 6.45) is -2.14. The summed E-state index contributed by atoms with van der Waals surface area (Å²) in [7, 11) is 0. The quantitative estimate of drug-likeness (QED) is 0.482. The number of carbonyl (C=O) groups is 1. The molecule has 0 saturated carbocycles. The number of benzene rings is 1. The number of aromatic amines is 1. The fraction of sp³-hybridized carbons (Fsp3) is 0.500. The molecular weight excluding hydrogens is 421 g/mol. The first kappa shape index (κ1) is 23.9. The second-order valence-corrected chi connectivity index (χ2v) is 9.07. The Balaban J connectivity index is 1.86. The van der Waals surface area contributed by atoms with E-state index in [1.54, 1.807) is 6.07 Å². The number of fused-ring (bicyclic) bond motifs is 1. The number of allylic oxidation sites excluding steroid dienone is 2. The number of aliphatic imine (C=N–C) groups is 1. The lowest BCUT2D eigenvalue weighted by Crippen LogP contribution is -2.29. The van der Waals surface area contributed by atoms with Gasteiger partial charge in [-0.1, -0.05) is 27.2 Å². The molecule has 1 aliphatic carbocycles. The maximum Gasteiger partial charge on any atom is 0.573 e. The highest BCUT2D eigenvalue weighted by Crippen LogP contribution is 2.36. The Kier molecular flexibility index (Phi) is 6.72. The number of nitrogens with zero attached hydrogens (tertiary/aromatic N) is 1. The molecule has 0 unspecified atom stereocenters. The number of ether oxygens (including phenoxy) is 1. The molecule has 1 aromatic heterocycles. The SMILES string of the molecule is CCCC(=NCCc1c(C)[nH]c2ccc(OC(F)(F)F)cc12)C1=C(O)CC(C)(C)CC1=O. The molecule has 0 radical (unpaired) electrons. The van der Waals surface area contributed by atoms with Gasteiger partial charge in [0.15, 0.2) is 5.78 Å². The maximum absolute atomic E-state index is 12.7. The van der Waals surface area contributed by atoms with Crippen LogP contribution in [0.15, 0.2) is 34.5 Å². The molecule has 2 aromatic rings. The smallest absolute Gasteiger partial charge is 0.511 e. The molecule has 0 aliphatic heterocycles. The van der Waals surface area contributed by atoms with Gasteiger partial charge in [0.25, 0.3) is 0 Å². The van der Waals surface area contributed by atoms with Crippen molar-refractivity contribution in [3.05, 3.63) is 40.8 Å². The van der Waals surface area contributed by atoms with Crippen molar-refractivity contribution in [1.82, 2.24) is 4.98 Å². The zero-order valence-corrected chi connectivity index (χ0v) is 18.8. The van der Waals surface area contributed by atoms with Crippen LogP contribution >= 0.6 is 0 Å². The number of rotatable bonds is 7. The average molecular weight is 451 g/mol. The third-order valence-electron chi connectivity index (χ3n) is 5.62. The van der Waals surface area contributed by atoms with Gasteiger partial charge in [-0.05, 0) is 48.9 Å². The Morgan fingerprint density at radius 2 is 2.00 bits per heavy atom. The predicted molar refractivity (Wildman–Crippen MR) is 118 cm³/mol. The Labute approximate surface area is 185 Å². The van der Waals surface area contributed by atoms with Gasteiger partial charge < -0.3 is 14.8 Å². The van der Waals surface area contributed by atoms with Crippen molar-refractivity contribution >= 4 is 22.4 Å². The molecule has 0 bridgehead atoms. The normalized spacial score (nSPS) is 17.3. The number of hydrogen-bond donors (Lipinski definition) is 2. The summed E-state index contributed by atoms with van der Waals surface area (Å²) in [6, 6.07) is 4.21. The van der Waals surface area contributed by atoms with E-state index in [4.69, 9.17) is 0 Å². The minimum Gasteiger partial charge on any atom is -0.511 e. The summed E-state index contributed by atoms with van der Waals surface area (Å²) in [5, 5.41) is 11.2. The molecule has 3 rings (SSSR count). The van der Waals surface area contributed by atoms with Gasteiger partial charge in [0, 0.05) is 41.7 Å². The lowest BCUT2D eigenvalue weighted by molar-refractivity contribution is -0.274. The van der Waals surface area contributed by atoms with Crippen molar-refractivity contribution < 1.29 is 27.8 Å². The van der Waals surface area contributed by atoms with Gasteiger partial charge in [0.2, 0.25) is 0 Å². The fourth-order valence-corrected chi connectivity index (χ4v) is 4.32. The molecule has 1 aliphatic rings. The van der Waals surface area contributed by atoms with Gasteiger partial charge in [-0.25, -0.2) is 0 Å². The Morgan fingerprint density at radius 3 is 2.62 bits per heavy atom. The van der Waals surface area contributed by atoms with Gasteiger partial charge in [0.1, 0.15) is 11.5 Å². The second-order valence-electron chi connectivity index (χ2n) is 9.07. The van der Waals surface area contributed by atoms with Crippen LogP contribution in [0.3, 0.4) is 0 Å². The van der Waals surface area contributed by atoms with Gasteiger partial charge >= 0.3 is 6.36 Å². The first-order valence-corrected chi connectivity index (χ1v) is 10.8. The number of carbonyl (C=O) groups excluding carboxylic acids is 1. The molecule has 0 atom stereocenters. The van der Waals surface area contributed by atoms with Crippen LogP contribution in [0, 0.1) is 12.3 Å². The molecule has 2 N–H and O–H groups in total. The van der Waals surface area contributed by atoms with E-state index in [-0.39, 0.29) is 22.7 Å². The van der Waals surface area contributed by atoms with Crippen LogP contribution in [0.1, 0.15) is 57.7 Å². The molecular formula is C24H29F3N2O3. The van der Waals surface area contributed by atoms with Crippen LogP contribution in [-0.4, -0.2) is 34.5 Å². The highest BCUT2D eigenvalue weighted by molar-refractivity contribution is 6.23. The van der Waals surface area contributed by atoms with Gasteiger partial charge in [0.05, 0.1) is 5.57 Å². The molecule has 174 valence electrons. The largest absolute Gasteiger partial charge is 0.573 e. The number of Topliss-reactive ketones (excluding diaryl/α,β-unsaturated/α-hetero) is 1. The average Bonchev–Trinajstić information content (AvgIpc) is 2.94. The minimum absolute atomic E-state index is 0.0932. The Bertz CT molecular complexity index is 1080. The number of alkyl halides is 3. The number of halogens is 3. The first-order valence-electron chi connectivity index (χ1n) is 10.8. The van der Waals surface area contributed by atoms with Crippen LogP contribution in [0.5, 0.6) is 5.75 Å². The van der Waals surface area contributed by atoms with Crippen molar-refractivity contribution in [2.24, 2.45) is 10.4 Å². The molecule has 1 heterocycles. The third-order valence-corrected chi connectivity index (χ3v) is 5.62. The van der Waals surface area contributed by atoms with Gasteiger partial charge in [-0.15, -0.1) is 13.2 Å². The zero-order chi connectivity index (χ0) is 23.7. The number of ketones is 1. The third kappa shape index (κ3) is 5.53. The molecule has 1 aromatic carbocycles. The second kappa shape index (κ2) is 9.00. The van der Waals surface area contributed by atoms with E-state index in [2.05, 4.69) is 14.7 Å². The summed E-state index contributed by atoms with van der Waals surface area (Å²) in [5.74, 6) is -0.273. The summed E-state index contributed by atoms with van der Waals surface area (Å²) in [5.41, 5.74) is 3.07. The van der Waals surface area contributed by atoms with Crippen molar-refractivity contribution in [3.8, 4) is 5.75 Å². The number of aromatic nitrogens is 1. The van der Waals surface area contributed by atoms with Crippen LogP contribution in [0.25, 0.3) is 10.9 Å². The standard InChI is InChI=1S/C24H29F3N2O3/c1-5-6-19(22-20(30)12-23(3,4)13-21(22)31)28-10-9-16-14(2)29-18-8-7-15(11-17(16)18)32-24(25,26)27/h7-8,11,29-30H,5-6,9-10,12-13H2,1-4H3. The van der Waals surface area contributed by atoms with E-state index >= 15 is 0 Å². The molecule has 5 nitrogen and oxygen atoms in total. The van der Waals surface area contributed by atoms with E-state index in [1.807, 2.05) is 27.7 Å². The Morgan fingerprint density at radius 1 is 1.28 bits per heavy atom. The van der Waals surface area contributed by atoms with Crippen LogP contribution in [-0.2, 0) is 11.2 Å². The topological polar surface area (TPSA) is 74.7 Å². The summed E-state index contributed by atoms with van der Waals surface area (Å²) < 4.78 is 41.9. The first-order chi connectivity index (χ1) is 14.9. The number of aliphatic hydroxyl groups excluding tert-OH is 1. The molecule has 0 saturated heterocycles. The van der Waals surface area contributed by atoms with Crippen molar-refractivity contribution in [2.75, 3.05) is 6.54 Å². The van der Waals surface area contributed by atoms with Crippen LogP contribution in [0.4, 0.5) is 13.2 Å². The summed E-state index contributed by atoms with van der Waals surface area (Å²) >= 11 is 0. The number of aryl methyl sites for hydroxylation is 1. The van der Waals surface area contributed by atoms with Crippen LogP contribution in [0.2, 0.25) is 0 Å².